The predicted molar refractivity (Wildman–Crippen MR) is 66.2 cm³/mol. The Hall–Kier alpha value is -1.10. The van der Waals surface area contributed by atoms with Crippen molar-refractivity contribution in [2.24, 2.45) is 0 Å². The van der Waals surface area contributed by atoms with E-state index < -0.39 is 6.09 Å². The standard InChI is InChI=1S/C11H18N2O2S/c1-6-11(3,4)8-7(2)12-9(16-8)13-10(14)15-5/h6H2,1-5H3,(H,12,13,14). The van der Waals surface area contributed by atoms with Crippen LogP contribution in [-0.2, 0) is 10.2 Å². The van der Waals surface area contributed by atoms with Crippen LogP contribution < -0.4 is 5.32 Å². The minimum Gasteiger partial charge on any atom is -0.453 e. The summed E-state index contributed by atoms with van der Waals surface area (Å²) in [6.45, 7) is 8.46. The van der Waals surface area contributed by atoms with E-state index in [-0.39, 0.29) is 5.41 Å². The minimum absolute atomic E-state index is 0.0950. The largest absolute Gasteiger partial charge is 0.453 e. The first kappa shape index (κ1) is 13.0. The molecule has 1 aromatic heterocycles. The van der Waals surface area contributed by atoms with E-state index in [4.69, 9.17) is 0 Å². The third-order valence-electron chi connectivity index (χ3n) is 2.69. The van der Waals surface area contributed by atoms with Crippen molar-refractivity contribution in [1.82, 2.24) is 4.98 Å². The smallest absolute Gasteiger partial charge is 0.413 e. The van der Waals surface area contributed by atoms with Crippen molar-refractivity contribution in [3.63, 3.8) is 0 Å². The number of nitrogens with one attached hydrogen (secondary N) is 1. The Morgan fingerprint density at radius 2 is 2.19 bits per heavy atom. The van der Waals surface area contributed by atoms with E-state index in [1.54, 1.807) is 0 Å². The van der Waals surface area contributed by atoms with Crippen molar-refractivity contribution in [1.29, 1.82) is 0 Å². The lowest BCUT2D eigenvalue weighted by Crippen LogP contribution is -2.14. The van der Waals surface area contributed by atoms with Gasteiger partial charge in [-0.3, -0.25) is 5.32 Å². The number of aryl methyl sites for hydroxylation is 1. The molecule has 0 aliphatic heterocycles. The molecule has 0 atom stereocenters. The maximum atomic E-state index is 11.1. The van der Waals surface area contributed by atoms with Crippen LogP contribution in [0.2, 0.25) is 0 Å². The Labute approximate surface area is 100 Å². The first-order valence-electron chi connectivity index (χ1n) is 5.23. The molecule has 0 radical (unpaired) electrons. The second-order valence-corrected chi connectivity index (χ2v) is 5.29. The monoisotopic (exact) mass is 242 g/mol. The van der Waals surface area contributed by atoms with E-state index in [9.17, 15) is 4.79 Å². The molecule has 0 unspecified atom stereocenters. The molecule has 0 bridgehead atoms. The highest BCUT2D eigenvalue weighted by Gasteiger charge is 2.24. The fourth-order valence-electron chi connectivity index (χ4n) is 1.38. The number of carbonyl (C=O) groups excluding carboxylic acids is 1. The molecule has 90 valence electrons. The van der Waals surface area contributed by atoms with Crippen molar-refractivity contribution in [2.45, 2.75) is 39.5 Å². The average Bonchev–Trinajstić information content (AvgIpc) is 2.60. The molecule has 1 N–H and O–H groups in total. The van der Waals surface area contributed by atoms with Gasteiger partial charge in [-0.25, -0.2) is 9.78 Å². The summed E-state index contributed by atoms with van der Waals surface area (Å²) in [4.78, 5) is 16.6. The topological polar surface area (TPSA) is 51.2 Å². The fourth-order valence-corrected chi connectivity index (χ4v) is 2.50. The Morgan fingerprint density at radius 3 is 2.69 bits per heavy atom. The summed E-state index contributed by atoms with van der Waals surface area (Å²) in [5.41, 5.74) is 1.07. The highest BCUT2D eigenvalue weighted by molar-refractivity contribution is 7.16. The highest BCUT2D eigenvalue weighted by Crippen LogP contribution is 2.35. The third-order valence-corrected chi connectivity index (χ3v) is 4.13. The van der Waals surface area contributed by atoms with Crippen LogP contribution in [0, 0.1) is 6.92 Å². The second kappa shape index (κ2) is 4.82. The number of hydrogen-bond donors (Lipinski definition) is 1. The predicted octanol–water partition coefficient (Wildman–Crippen LogP) is 3.32. The van der Waals surface area contributed by atoms with Gasteiger partial charge in [0.05, 0.1) is 12.8 Å². The maximum absolute atomic E-state index is 11.1. The number of anilines is 1. The number of nitrogens with zero attached hydrogens (tertiary/aromatic N) is 1. The van der Waals surface area contributed by atoms with Gasteiger partial charge < -0.3 is 4.74 Å². The zero-order valence-electron chi connectivity index (χ0n) is 10.4. The minimum atomic E-state index is -0.477. The molecule has 0 saturated carbocycles. The summed E-state index contributed by atoms with van der Waals surface area (Å²) < 4.78 is 4.53. The van der Waals surface area contributed by atoms with Crippen molar-refractivity contribution in [3.05, 3.63) is 10.6 Å². The van der Waals surface area contributed by atoms with Crippen molar-refractivity contribution in [3.8, 4) is 0 Å². The van der Waals surface area contributed by atoms with E-state index in [0.717, 1.165) is 12.1 Å². The van der Waals surface area contributed by atoms with E-state index >= 15 is 0 Å². The Kier molecular flexibility index (Phi) is 3.91. The Bertz CT molecular complexity index is 385. The zero-order chi connectivity index (χ0) is 12.3. The summed E-state index contributed by atoms with van der Waals surface area (Å²) in [7, 11) is 1.34. The number of ether oxygens (including phenoxy) is 1. The van der Waals surface area contributed by atoms with Crippen LogP contribution in [0.15, 0.2) is 0 Å². The van der Waals surface area contributed by atoms with Gasteiger partial charge in [0.2, 0.25) is 0 Å². The lowest BCUT2D eigenvalue weighted by atomic mass is 9.88. The fraction of sp³-hybridized carbons (Fsp3) is 0.636. The molecule has 4 nitrogen and oxygen atoms in total. The van der Waals surface area contributed by atoms with Gasteiger partial charge in [0.25, 0.3) is 0 Å². The molecule has 0 aliphatic carbocycles. The van der Waals surface area contributed by atoms with Gasteiger partial charge in [-0.2, -0.15) is 0 Å². The molecule has 1 amide bonds. The first-order chi connectivity index (χ1) is 7.40. The summed E-state index contributed by atoms with van der Waals surface area (Å²) in [6, 6.07) is 0. The quantitative estimate of drug-likeness (QED) is 0.884. The number of carbonyl (C=O) groups is 1. The van der Waals surface area contributed by atoms with Crippen LogP contribution in [-0.4, -0.2) is 18.2 Å². The number of aromatic nitrogens is 1. The molecule has 5 heteroatoms. The summed E-state index contributed by atoms with van der Waals surface area (Å²) in [5.74, 6) is 0. The number of hydrogen-bond acceptors (Lipinski definition) is 4. The van der Waals surface area contributed by atoms with Gasteiger partial charge in [-0.15, -0.1) is 11.3 Å². The van der Waals surface area contributed by atoms with Gasteiger partial charge in [0.1, 0.15) is 0 Å². The highest BCUT2D eigenvalue weighted by atomic mass is 32.1. The van der Waals surface area contributed by atoms with E-state index in [1.165, 1.54) is 23.3 Å². The lowest BCUT2D eigenvalue weighted by Gasteiger charge is -2.21. The Balaban J connectivity index is 2.94. The second-order valence-electron chi connectivity index (χ2n) is 4.29. The van der Waals surface area contributed by atoms with Crippen molar-refractivity contribution < 1.29 is 9.53 Å². The van der Waals surface area contributed by atoms with E-state index in [2.05, 4.69) is 35.8 Å². The van der Waals surface area contributed by atoms with Gasteiger partial charge in [-0.1, -0.05) is 20.8 Å². The molecule has 1 aromatic rings. The molecular formula is C11H18N2O2S. The number of rotatable bonds is 3. The number of methoxy groups -OCH3 is 1. The van der Waals surface area contributed by atoms with Gasteiger partial charge in [0, 0.05) is 10.3 Å². The van der Waals surface area contributed by atoms with Crippen LogP contribution in [0.5, 0.6) is 0 Å². The normalized spacial score (nSPS) is 11.3. The maximum Gasteiger partial charge on any atom is 0.413 e. The lowest BCUT2D eigenvalue weighted by molar-refractivity contribution is 0.187. The summed E-state index contributed by atoms with van der Waals surface area (Å²) in [5, 5.41) is 3.19. The molecule has 16 heavy (non-hydrogen) atoms. The van der Waals surface area contributed by atoms with E-state index in [1.807, 2.05) is 6.92 Å². The molecule has 0 saturated heterocycles. The molecular weight excluding hydrogens is 224 g/mol. The molecule has 0 spiro atoms. The van der Waals surface area contributed by atoms with Gasteiger partial charge in [-0.05, 0) is 13.3 Å². The molecule has 1 heterocycles. The molecule has 0 fully saturated rings. The molecule has 1 rings (SSSR count). The molecule has 0 aliphatic rings. The summed E-state index contributed by atoms with van der Waals surface area (Å²) >= 11 is 1.51. The summed E-state index contributed by atoms with van der Waals surface area (Å²) in [6.07, 6.45) is 0.558. The Morgan fingerprint density at radius 1 is 1.56 bits per heavy atom. The zero-order valence-corrected chi connectivity index (χ0v) is 11.2. The third kappa shape index (κ3) is 2.72. The first-order valence-corrected chi connectivity index (χ1v) is 6.05. The van der Waals surface area contributed by atoms with Gasteiger partial charge in [0.15, 0.2) is 5.13 Å². The van der Waals surface area contributed by atoms with E-state index in [0.29, 0.717) is 5.13 Å². The van der Waals surface area contributed by atoms with Crippen LogP contribution in [0.3, 0.4) is 0 Å². The van der Waals surface area contributed by atoms with Gasteiger partial charge >= 0.3 is 6.09 Å². The average molecular weight is 242 g/mol. The van der Waals surface area contributed by atoms with Crippen LogP contribution >= 0.6 is 11.3 Å². The van der Waals surface area contributed by atoms with Crippen molar-refractivity contribution in [2.75, 3.05) is 12.4 Å². The van der Waals surface area contributed by atoms with Crippen LogP contribution in [0.1, 0.15) is 37.8 Å². The SMILES string of the molecule is CCC(C)(C)c1sc(NC(=O)OC)nc1C. The number of amides is 1. The van der Waals surface area contributed by atoms with Crippen LogP contribution in [0.4, 0.5) is 9.93 Å². The van der Waals surface area contributed by atoms with Crippen molar-refractivity contribution >= 4 is 22.6 Å². The van der Waals surface area contributed by atoms with Crippen LogP contribution in [0.25, 0.3) is 0 Å². The molecule has 0 aromatic carbocycles. The number of thiazole rings is 1.